The van der Waals surface area contributed by atoms with Crippen molar-refractivity contribution in [2.24, 2.45) is 0 Å². The van der Waals surface area contributed by atoms with Crippen molar-refractivity contribution < 1.29 is 18.1 Å². The number of nitrogens with one attached hydrogen (secondary N) is 1. The third-order valence-corrected chi connectivity index (χ3v) is 1.59. The van der Waals surface area contributed by atoms with Gasteiger partial charge in [-0.2, -0.15) is 0 Å². The van der Waals surface area contributed by atoms with Crippen LogP contribution in [-0.2, 0) is 0 Å². The number of hydrogen-bond donors (Lipinski definition) is 1. The van der Waals surface area contributed by atoms with Gasteiger partial charge < -0.3 is 5.32 Å². The largest absolute Gasteiger partial charge is 0.380 e. The second-order valence-electron chi connectivity index (χ2n) is 2.39. The summed E-state index contributed by atoms with van der Waals surface area (Å²) in [6.45, 7) is 0. The van der Waals surface area contributed by atoms with Gasteiger partial charge >= 0.3 is 0 Å². The lowest BCUT2D eigenvalue weighted by Crippen LogP contribution is -2.03. The Morgan fingerprint density at radius 3 is 2.36 bits per heavy atom. The summed E-state index contributed by atoms with van der Waals surface area (Å²) in [5.41, 5.74) is -1.52. The molecule has 0 saturated heterocycles. The molecule has 0 amide bonds. The van der Waals surface area contributed by atoms with Crippen molar-refractivity contribution in [1.82, 2.24) is 0 Å². The van der Waals surface area contributed by atoms with E-state index in [1.54, 1.807) is 0 Å². The van der Waals surface area contributed by atoms with Crippen LogP contribution in [0.25, 0.3) is 0 Å². The SMILES string of the molecule is CNc1c([N+](=O)[O-])cc(F)c(F)c1F. The van der Waals surface area contributed by atoms with Gasteiger partial charge in [-0.25, -0.2) is 13.2 Å². The molecule has 1 aromatic rings. The highest BCUT2D eigenvalue weighted by atomic mass is 19.2. The molecule has 0 heterocycles. The second kappa shape index (κ2) is 3.52. The monoisotopic (exact) mass is 206 g/mol. The van der Waals surface area contributed by atoms with E-state index in [0.717, 1.165) is 0 Å². The quantitative estimate of drug-likeness (QED) is 0.457. The minimum absolute atomic E-state index is 0.324. The Morgan fingerprint density at radius 2 is 1.93 bits per heavy atom. The van der Waals surface area contributed by atoms with Crippen molar-refractivity contribution >= 4 is 11.4 Å². The Balaban J connectivity index is 3.51. The fourth-order valence-corrected chi connectivity index (χ4v) is 0.964. The Kier molecular flexibility index (Phi) is 2.59. The maximum absolute atomic E-state index is 12.9. The molecule has 0 atom stereocenters. The maximum Gasteiger partial charge on any atom is 0.298 e. The second-order valence-corrected chi connectivity index (χ2v) is 2.39. The lowest BCUT2D eigenvalue weighted by atomic mass is 10.2. The maximum atomic E-state index is 12.9. The molecule has 0 saturated carbocycles. The van der Waals surface area contributed by atoms with Crippen molar-refractivity contribution in [2.75, 3.05) is 12.4 Å². The number of rotatable bonds is 2. The minimum Gasteiger partial charge on any atom is -0.380 e. The fraction of sp³-hybridized carbons (Fsp3) is 0.143. The molecule has 0 aliphatic rings. The Bertz CT molecular complexity index is 395. The molecule has 0 fully saturated rings. The van der Waals surface area contributed by atoms with Crippen LogP contribution in [0.3, 0.4) is 0 Å². The average molecular weight is 206 g/mol. The summed E-state index contributed by atoms with van der Waals surface area (Å²) in [5, 5.41) is 12.4. The normalized spacial score (nSPS) is 10.0. The fourth-order valence-electron chi connectivity index (χ4n) is 0.964. The van der Waals surface area contributed by atoms with E-state index in [1.165, 1.54) is 7.05 Å². The van der Waals surface area contributed by atoms with Crippen molar-refractivity contribution in [2.45, 2.75) is 0 Å². The molecule has 0 bridgehead atoms. The van der Waals surface area contributed by atoms with Crippen molar-refractivity contribution in [3.8, 4) is 0 Å². The summed E-state index contributed by atoms with van der Waals surface area (Å²) in [6.07, 6.45) is 0. The highest BCUT2D eigenvalue weighted by Crippen LogP contribution is 2.30. The van der Waals surface area contributed by atoms with E-state index >= 15 is 0 Å². The zero-order valence-corrected chi connectivity index (χ0v) is 6.97. The topological polar surface area (TPSA) is 55.2 Å². The highest BCUT2D eigenvalue weighted by molar-refractivity contribution is 5.62. The van der Waals surface area contributed by atoms with Gasteiger partial charge in [-0.15, -0.1) is 0 Å². The Labute approximate surface area is 76.5 Å². The molecule has 14 heavy (non-hydrogen) atoms. The van der Waals surface area contributed by atoms with Crippen molar-refractivity contribution in [1.29, 1.82) is 0 Å². The van der Waals surface area contributed by atoms with Crippen molar-refractivity contribution in [3.05, 3.63) is 33.6 Å². The van der Waals surface area contributed by atoms with E-state index in [0.29, 0.717) is 6.07 Å². The van der Waals surface area contributed by atoms with Gasteiger partial charge in [0.2, 0.25) is 0 Å². The van der Waals surface area contributed by atoms with Gasteiger partial charge in [-0.1, -0.05) is 0 Å². The van der Waals surface area contributed by atoms with E-state index in [2.05, 4.69) is 5.32 Å². The molecule has 0 spiro atoms. The molecule has 0 aliphatic carbocycles. The standard InChI is InChI=1S/C7H5F3N2O2/c1-11-7-4(12(13)14)2-3(8)5(9)6(7)10/h2,11H,1H3. The number of nitro benzene ring substituents is 1. The molecular weight excluding hydrogens is 201 g/mol. The van der Waals surface area contributed by atoms with Crippen LogP contribution in [0.2, 0.25) is 0 Å². The smallest absolute Gasteiger partial charge is 0.298 e. The number of hydrogen-bond acceptors (Lipinski definition) is 3. The number of benzene rings is 1. The predicted octanol–water partition coefficient (Wildman–Crippen LogP) is 2.05. The van der Waals surface area contributed by atoms with E-state index < -0.39 is 33.7 Å². The Morgan fingerprint density at radius 1 is 1.36 bits per heavy atom. The number of halogens is 3. The molecule has 0 unspecified atom stereocenters. The summed E-state index contributed by atoms with van der Waals surface area (Å²) in [4.78, 5) is 9.30. The molecule has 0 radical (unpaired) electrons. The van der Waals surface area contributed by atoms with Gasteiger partial charge in [0.15, 0.2) is 23.1 Å². The first kappa shape index (κ1) is 10.3. The van der Waals surface area contributed by atoms with Crippen LogP contribution in [0.15, 0.2) is 6.07 Å². The lowest BCUT2D eigenvalue weighted by molar-refractivity contribution is -0.384. The number of nitrogens with zero attached hydrogens (tertiary/aromatic N) is 1. The first-order chi connectivity index (χ1) is 6.49. The van der Waals surface area contributed by atoms with E-state index in [4.69, 9.17) is 0 Å². The van der Waals surface area contributed by atoms with Crippen LogP contribution in [-0.4, -0.2) is 12.0 Å². The number of anilines is 1. The molecule has 1 aromatic carbocycles. The summed E-state index contributed by atoms with van der Waals surface area (Å²) < 4.78 is 38.1. The first-order valence-corrected chi connectivity index (χ1v) is 3.48. The molecule has 4 nitrogen and oxygen atoms in total. The molecule has 1 rings (SSSR count). The minimum atomic E-state index is -1.74. The van der Waals surface area contributed by atoms with Crippen LogP contribution >= 0.6 is 0 Å². The Hall–Kier alpha value is -1.79. The summed E-state index contributed by atoms with van der Waals surface area (Å²) >= 11 is 0. The van der Waals surface area contributed by atoms with Gasteiger partial charge in [-0.3, -0.25) is 10.1 Å². The molecular formula is C7H5F3N2O2. The summed E-state index contributed by atoms with van der Waals surface area (Å²) in [6, 6.07) is 0.324. The van der Waals surface area contributed by atoms with Crippen LogP contribution in [0, 0.1) is 27.6 Å². The van der Waals surface area contributed by atoms with Gasteiger partial charge in [0.05, 0.1) is 11.0 Å². The van der Waals surface area contributed by atoms with Crippen LogP contribution in [0.4, 0.5) is 24.5 Å². The molecule has 7 heteroatoms. The van der Waals surface area contributed by atoms with Gasteiger partial charge in [0.1, 0.15) is 0 Å². The molecule has 1 N–H and O–H groups in total. The third kappa shape index (κ3) is 1.48. The predicted molar refractivity (Wildman–Crippen MR) is 42.5 cm³/mol. The van der Waals surface area contributed by atoms with Crippen LogP contribution in [0.1, 0.15) is 0 Å². The van der Waals surface area contributed by atoms with E-state index in [9.17, 15) is 23.3 Å². The summed E-state index contributed by atoms with van der Waals surface area (Å²) in [5.74, 6) is -4.92. The van der Waals surface area contributed by atoms with E-state index in [1.807, 2.05) is 0 Å². The number of nitro groups is 1. The average Bonchev–Trinajstić information content (AvgIpc) is 2.13. The zero-order valence-electron chi connectivity index (χ0n) is 6.97. The van der Waals surface area contributed by atoms with Crippen molar-refractivity contribution in [3.63, 3.8) is 0 Å². The van der Waals surface area contributed by atoms with Crippen LogP contribution in [0.5, 0.6) is 0 Å². The van der Waals surface area contributed by atoms with Gasteiger partial charge in [0.25, 0.3) is 5.69 Å². The molecule has 0 aliphatic heterocycles. The summed E-state index contributed by atoms with van der Waals surface area (Å²) in [7, 11) is 1.17. The zero-order chi connectivity index (χ0) is 10.9. The third-order valence-electron chi connectivity index (χ3n) is 1.59. The molecule has 76 valence electrons. The molecule has 0 aromatic heterocycles. The van der Waals surface area contributed by atoms with Gasteiger partial charge in [0, 0.05) is 7.05 Å². The van der Waals surface area contributed by atoms with Gasteiger partial charge in [-0.05, 0) is 0 Å². The highest BCUT2D eigenvalue weighted by Gasteiger charge is 2.24. The van der Waals surface area contributed by atoms with E-state index in [-0.39, 0.29) is 0 Å². The van der Waals surface area contributed by atoms with Crippen LogP contribution < -0.4 is 5.32 Å². The first-order valence-electron chi connectivity index (χ1n) is 3.48. The lowest BCUT2D eigenvalue weighted by Gasteiger charge is -2.04.